The van der Waals surface area contributed by atoms with Gasteiger partial charge in [0.1, 0.15) is 0 Å². The minimum absolute atomic E-state index is 0.684. The van der Waals surface area contributed by atoms with Crippen LogP contribution in [0.4, 0.5) is 0 Å². The molecule has 0 amide bonds. The number of piperidine rings is 1. The topological polar surface area (TPSA) is 12.0 Å². The van der Waals surface area contributed by atoms with E-state index in [1.807, 2.05) is 0 Å². The fourth-order valence-electron chi connectivity index (χ4n) is 1.91. The van der Waals surface area contributed by atoms with Gasteiger partial charge in [-0.3, -0.25) is 0 Å². The first-order chi connectivity index (χ1) is 6.86. The molecule has 1 fully saturated rings. The quantitative estimate of drug-likeness (QED) is 0.712. The minimum atomic E-state index is 0.684. The molecule has 1 atom stereocenters. The molecule has 1 N–H and O–H groups in total. The summed E-state index contributed by atoms with van der Waals surface area (Å²) >= 11 is 0. The van der Waals surface area contributed by atoms with E-state index in [4.69, 9.17) is 0 Å². The first kappa shape index (κ1) is 9.47. The van der Waals surface area contributed by atoms with Crippen molar-refractivity contribution in [3.8, 4) is 0 Å². The van der Waals surface area contributed by atoms with E-state index in [1.165, 1.54) is 12.0 Å². The summed E-state index contributed by atoms with van der Waals surface area (Å²) in [6.45, 7) is 4.54. The largest absolute Gasteiger partial charge is 0.316 e. The summed E-state index contributed by atoms with van der Waals surface area (Å²) < 4.78 is 0. The maximum atomic E-state index is 3.41. The highest BCUT2D eigenvalue weighted by atomic mass is 14.9. The van der Waals surface area contributed by atoms with Gasteiger partial charge in [0.15, 0.2) is 0 Å². The summed E-state index contributed by atoms with van der Waals surface area (Å²) in [5, 5.41) is 3.41. The van der Waals surface area contributed by atoms with Crippen LogP contribution in [0, 0.1) is 5.92 Å². The molecular weight excluding hydrogens is 170 g/mol. The highest BCUT2D eigenvalue weighted by Gasteiger charge is 2.12. The summed E-state index contributed by atoms with van der Waals surface area (Å²) in [4.78, 5) is 0. The van der Waals surface area contributed by atoms with Crippen LogP contribution in [-0.4, -0.2) is 13.1 Å². The van der Waals surface area contributed by atoms with E-state index in [1.54, 1.807) is 5.57 Å². The average Bonchev–Trinajstić information content (AvgIpc) is 2.23. The van der Waals surface area contributed by atoms with Gasteiger partial charge >= 0.3 is 0 Å². The van der Waals surface area contributed by atoms with Crippen LogP contribution >= 0.6 is 0 Å². The Bertz CT molecular complexity index is 313. The van der Waals surface area contributed by atoms with Gasteiger partial charge < -0.3 is 5.32 Å². The predicted octanol–water partition coefficient (Wildman–Crippen LogP) is 2.70. The molecule has 0 bridgehead atoms. The third kappa shape index (κ3) is 2.24. The highest BCUT2D eigenvalue weighted by Crippen LogP contribution is 2.20. The normalized spacial score (nSPS) is 25.2. The van der Waals surface area contributed by atoms with Crippen molar-refractivity contribution in [3.05, 3.63) is 41.5 Å². The second kappa shape index (κ2) is 4.43. The van der Waals surface area contributed by atoms with Crippen molar-refractivity contribution in [1.29, 1.82) is 0 Å². The molecule has 0 radical (unpaired) electrons. The van der Waals surface area contributed by atoms with Crippen LogP contribution in [0.2, 0.25) is 0 Å². The van der Waals surface area contributed by atoms with Crippen LogP contribution < -0.4 is 5.32 Å². The Morgan fingerprint density at radius 2 is 2.07 bits per heavy atom. The molecule has 0 saturated carbocycles. The first-order valence-electron chi connectivity index (χ1n) is 5.32. The van der Waals surface area contributed by atoms with Crippen LogP contribution in [0.3, 0.4) is 0 Å². The monoisotopic (exact) mass is 187 g/mol. The van der Waals surface area contributed by atoms with Crippen LogP contribution in [0.5, 0.6) is 0 Å². The van der Waals surface area contributed by atoms with Crippen molar-refractivity contribution < 1.29 is 0 Å². The van der Waals surface area contributed by atoms with Crippen LogP contribution in [0.1, 0.15) is 18.9 Å². The molecular formula is C13H17N. The van der Waals surface area contributed by atoms with E-state index in [0.29, 0.717) is 5.92 Å². The number of rotatable bonds is 1. The Morgan fingerprint density at radius 3 is 2.79 bits per heavy atom. The third-order valence-corrected chi connectivity index (χ3v) is 2.83. The number of hydrogen-bond donors (Lipinski definition) is 1. The van der Waals surface area contributed by atoms with Gasteiger partial charge in [0.25, 0.3) is 0 Å². The Hall–Kier alpha value is -1.08. The molecule has 74 valence electrons. The fourth-order valence-corrected chi connectivity index (χ4v) is 1.91. The Labute approximate surface area is 85.8 Å². The minimum Gasteiger partial charge on any atom is -0.316 e. The van der Waals surface area contributed by atoms with E-state index < -0.39 is 0 Å². The van der Waals surface area contributed by atoms with E-state index in [0.717, 1.165) is 13.1 Å². The average molecular weight is 187 g/mol. The number of hydrogen-bond acceptors (Lipinski definition) is 1. The van der Waals surface area contributed by atoms with Crippen molar-refractivity contribution in [1.82, 2.24) is 5.32 Å². The van der Waals surface area contributed by atoms with Gasteiger partial charge in [0.2, 0.25) is 0 Å². The molecule has 1 heteroatoms. The molecule has 1 heterocycles. The molecule has 1 aliphatic rings. The van der Waals surface area contributed by atoms with Crippen molar-refractivity contribution in [2.75, 3.05) is 13.1 Å². The smallest absolute Gasteiger partial charge is 0.00144 e. The van der Waals surface area contributed by atoms with E-state index in [2.05, 4.69) is 48.6 Å². The zero-order valence-corrected chi connectivity index (χ0v) is 8.66. The molecule has 2 rings (SSSR count). The summed E-state index contributed by atoms with van der Waals surface area (Å²) in [5.41, 5.74) is 2.91. The van der Waals surface area contributed by atoms with Gasteiger partial charge in [0.05, 0.1) is 0 Å². The lowest BCUT2D eigenvalue weighted by molar-refractivity contribution is 0.505. The second-order valence-electron chi connectivity index (χ2n) is 3.99. The van der Waals surface area contributed by atoms with Crippen molar-refractivity contribution in [2.45, 2.75) is 13.3 Å². The van der Waals surface area contributed by atoms with Crippen molar-refractivity contribution in [2.24, 2.45) is 5.92 Å². The van der Waals surface area contributed by atoms with Gasteiger partial charge in [-0.1, -0.05) is 48.9 Å². The lowest BCUT2D eigenvalue weighted by Gasteiger charge is -2.22. The van der Waals surface area contributed by atoms with E-state index in [9.17, 15) is 0 Å². The van der Waals surface area contributed by atoms with E-state index in [-0.39, 0.29) is 0 Å². The molecule has 0 spiro atoms. The number of benzene rings is 1. The zero-order chi connectivity index (χ0) is 9.80. The first-order valence-corrected chi connectivity index (χ1v) is 5.32. The molecule has 1 aromatic rings. The van der Waals surface area contributed by atoms with Crippen molar-refractivity contribution >= 4 is 6.08 Å². The zero-order valence-electron chi connectivity index (χ0n) is 8.66. The molecule has 1 aliphatic heterocycles. The van der Waals surface area contributed by atoms with Crippen LogP contribution in [0.15, 0.2) is 35.9 Å². The van der Waals surface area contributed by atoms with Crippen LogP contribution in [-0.2, 0) is 0 Å². The summed E-state index contributed by atoms with van der Waals surface area (Å²) in [5.74, 6) is 0.684. The SMILES string of the molecule is CC1CNCC/C1=C\c1ccccc1. The van der Waals surface area contributed by atoms with Gasteiger partial charge in [-0.05, 0) is 24.4 Å². The van der Waals surface area contributed by atoms with Crippen LogP contribution in [0.25, 0.3) is 6.08 Å². The molecule has 14 heavy (non-hydrogen) atoms. The Morgan fingerprint density at radius 1 is 1.29 bits per heavy atom. The third-order valence-electron chi connectivity index (χ3n) is 2.83. The van der Waals surface area contributed by atoms with E-state index >= 15 is 0 Å². The van der Waals surface area contributed by atoms with Gasteiger partial charge in [-0.25, -0.2) is 0 Å². The maximum Gasteiger partial charge on any atom is 0.00144 e. The highest BCUT2D eigenvalue weighted by molar-refractivity contribution is 5.53. The van der Waals surface area contributed by atoms with Gasteiger partial charge in [-0.2, -0.15) is 0 Å². The van der Waals surface area contributed by atoms with Gasteiger partial charge in [-0.15, -0.1) is 0 Å². The van der Waals surface area contributed by atoms with Gasteiger partial charge in [0, 0.05) is 6.54 Å². The van der Waals surface area contributed by atoms with Crippen molar-refractivity contribution in [3.63, 3.8) is 0 Å². The fraction of sp³-hybridized carbons (Fsp3) is 0.385. The number of nitrogens with one attached hydrogen (secondary N) is 1. The summed E-state index contributed by atoms with van der Waals surface area (Å²) in [6, 6.07) is 10.6. The molecule has 0 aliphatic carbocycles. The molecule has 1 unspecified atom stereocenters. The Kier molecular flexibility index (Phi) is 3.00. The lowest BCUT2D eigenvalue weighted by atomic mass is 9.93. The standard InChI is InChI=1S/C13H17N/c1-11-10-14-8-7-13(11)9-12-5-3-2-4-6-12/h2-6,9,11,14H,7-8,10H2,1H3/b13-9+. The lowest BCUT2D eigenvalue weighted by Crippen LogP contribution is -2.29. The Balaban J connectivity index is 2.17. The molecule has 0 aromatic heterocycles. The maximum absolute atomic E-state index is 3.41. The molecule has 1 saturated heterocycles. The molecule has 1 nitrogen and oxygen atoms in total. The summed E-state index contributed by atoms with van der Waals surface area (Å²) in [7, 11) is 0. The second-order valence-corrected chi connectivity index (χ2v) is 3.99. The summed E-state index contributed by atoms with van der Waals surface area (Å²) in [6.07, 6.45) is 3.53. The predicted molar refractivity (Wildman–Crippen MR) is 61.1 cm³/mol. The molecule has 1 aromatic carbocycles.